The molecular formula is C16H19BrN2O2. The lowest BCUT2D eigenvalue weighted by atomic mass is 10.0. The molecule has 0 atom stereocenters. The SMILES string of the molecule is O=C(NC1CCN(C(=O)c2cccc(Br)c2)CC1)C1CC1. The van der Waals surface area contributed by atoms with Crippen LogP contribution in [0.25, 0.3) is 0 Å². The summed E-state index contributed by atoms with van der Waals surface area (Å²) in [6.07, 6.45) is 3.76. The van der Waals surface area contributed by atoms with E-state index in [1.165, 1.54) is 0 Å². The lowest BCUT2D eigenvalue weighted by Gasteiger charge is -2.32. The Hall–Kier alpha value is -1.36. The number of hydrogen-bond donors (Lipinski definition) is 1. The van der Waals surface area contributed by atoms with Crippen LogP contribution in [-0.4, -0.2) is 35.8 Å². The average molecular weight is 351 g/mol. The highest BCUT2D eigenvalue weighted by Gasteiger charge is 2.32. The van der Waals surface area contributed by atoms with Crippen molar-refractivity contribution in [2.75, 3.05) is 13.1 Å². The van der Waals surface area contributed by atoms with E-state index in [2.05, 4.69) is 21.2 Å². The topological polar surface area (TPSA) is 49.4 Å². The minimum atomic E-state index is 0.0725. The van der Waals surface area contributed by atoms with Gasteiger partial charge in [-0.3, -0.25) is 9.59 Å². The van der Waals surface area contributed by atoms with E-state index in [4.69, 9.17) is 0 Å². The first kappa shape index (κ1) is 14.6. The maximum atomic E-state index is 12.4. The van der Waals surface area contributed by atoms with E-state index in [-0.39, 0.29) is 23.8 Å². The molecule has 21 heavy (non-hydrogen) atoms. The van der Waals surface area contributed by atoms with Crippen molar-refractivity contribution in [2.24, 2.45) is 5.92 Å². The molecule has 5 heteroatoms. The fourth-order valence-corrected chi connectivity index (χ4v) is 3.09. The van der Waals surface area contributed by atoms with Gasteiger partial charge in [0.05, 0.1) is 0 Å². The standard InChI is InChI=1S/C16H19BrN2O2/c17-13-3-1-2-12(10-13)16(21)19-8-6-14(7-9-19)18-15(20)11-4-5-11/h1-3,10-11,14H,4-9H2,(H,18,20). The highest BCUT2D eigenvalue weighted by atomic mass is 79.9. The molecule has 2 amide bonds. The molecular weight excluding hydrogens is 332 g/mol. The molecule has 1 heterocycles. The number of carbonyl (C=O) groups is 2. The number of rotatable bonds is 3. The van der Waals surface area contributed by atoms with Crippen LogP contribution < -0.4 is 5.32 Å². The summed E-state index contributed by atoms with van der Waals surface area (Å²) in [6.45, 7) is 1.42. The second-order valence-corrected chi connectivity index (χ2v) is 6.78. The van der Waals surface area contributed by atoms with E-state index in [0.717, 1.165) is 30.2 Å². The van der Waals surface area contributed by atoms with Crippen molar-refractivity contribution in [1.29, 1.82) is 0 Å². The van der Waals surface area contributed by atoms with Gasteiger partial charge in [0.25, 0.3) is 5.91 Å². The van der Waals surface area contributed by atoms with Crippen molar-refractivity contribution in [2.45, 2.75) is 31.7 Å². The largest absolute Gasteiger partial charge is 0.353 e. The third-order valence-electron chi connectivity index (χ3n) is 4.15. The Labute approximate surface area is 133 Å². The number of benzene rings is 1. The van der Waals surface area contributed by atoms with Crippen LogP contribution in [0.4, 0.5) is 0 Å². The van der Waals surface area contributed by atoms with E-state index in [9.17, 15) is 9.59 Å². The third-order valence-corrected chi connectivity index (χ3v) is 4.64. The Balaban J connectivity index is 1.53. The zero-order chi connectivity index (χ0) is 14.8. The summed E-state index contributed by atoms with van der Waals surface area (Å²) in [5.74, 6) is 0.529. The van der Waals surface area contributed by atoms with Gasteiger partial charge < -0.3 is 10.2 Å². The molecule has 2 aliphatic rings. The summed E-state index contributed by atoms with van der Waals surface area (Å²) in [5, 5.41) is 3.10. The number of halogens is 1. The molecule has 1 N–H and O–H groups in total. The zero-order valence-corrected chi connectivity index (χ0v) is 13.4. The molecule has 0 radical (unpaired) electrons. The maximum absolute atomic E-state index is 12.4. The Morgan fingerprint density at radius 2 is 1.86 bits per heavy atom. The summed E-state index contributed by atoms with van der Waals surface area (Å²) in [5.41, 5.74) is 0.713. The minimum Gasteiger partial charge on any atom is -0.353 e. The summed E-state index contributed by atoms with van der Waals surface area (Å²) < 4.78 is 0.917. The monoisotopic (exact) mass is 350 g/mol. The van der Waals surface area contributed by atoms with Gasteiger partial charge in [0.15, 0.2) is 0 Å². The molecule has 1 aromatic carbocycles. The quantitative estimate of drug-likeness (QED) is 0.910. The minimum absolute atomic E-state index is 0.0725. The van der Waals surface area contributed by atoms with Crippen LogP contribution in [0.1, 0.15) is 36.0 Å². The van der Waals surface area contributed by atoms with Gasteiger partial charge in [0.1, 0.15) is 0 Å². The molecule has 4 nitrogen and oxygen atoms in total. The second kappa shape index (κ2) is 6.18. The van der Waals surface area contributed by atoms with E-state index in [1.807, 2.05) is 29.2 Å². The van der Waals surface area contributed by atoms with Gasteiger partial charge in [-0.15, -0.1) is 0 Å². The molecule has 0 spiro atoms. The van der Waals surface area contributed by atoms with Crippen molar-refractivity contribution in [3.8, 4) is 0 Å². The van der Waals surface area contributed by atoms with E-state index >= 15 is 0 Å². The lowest BCUT2D eigenvalue weighted by molar-refractivity contribution is -0.123. The molecule has 1 saturated carbocycles. The van der Waals surface area contributed by atoms with Gasteiger partial charge >= 0.3 is 0 Å². The number of nitrogens with one attached hydrogen (secondary N) is 1. The molecule has 2 fully saturated rings. The average Bonchev–Trinajstić information content (AvgIpc) is 3.32. The Morgan fingerprint density at radius 3 is 2.48 bits per heavy atom. The van der Waals surface area contributed by atoms with Crippen molar-refractivity contribution >= 4 is 27.7 Å². The van der Waals surface area contributed by atoms with Crippen molar-refractivity contribution in [1.82, 2.24) is 10.2 Å². The summed E-state index contributed by atoms with van der Waals surface area (Å²) in [4.78, 5) is 26.0. The Bertz CT molecular complexity index is 549. The molecule has 1 saturated heterocycles. The van der Waals surface area contributed by atoms with E-state index in [1.54, 1.807) is 0 Å². The predicted molar refractivity (Wildman–Crippen MR) is 83.9 cm³/mol. The molecule has 112 valence electrons. The molecule has 1 aliphatic carbocycles. The molecule has 1 aliphatic heterocycles. The predicted octanol–water partition coefficient (Wildman–Crippen LogP) is 2.58. The number of piperidine rings is 1. The summed E-state index contributed by atoms with van der Waals surface area (Å²) in [6, 6.07) is 7.71. The number of nitrogens with zero attached hydrogens (tertiary/aromatic N) is 1. The van der Waals surface area contributed by atoms with E-state index < -0.39 is 0 Å². The first-order valence-corrected chi connectivity index (χ1v) is 8.28. The highest BCUT2D eigenvalue weighted by Crippen LogP contribution is 2.29. The molecule has 0 bridgehead atoms. The van der Waals surface area contributed by atoms with Crippen LogP contribution in [0.5, 0.6) is 0 Å². The van der Waals surface area contributed by atoms with Crippen LogP contribution in [0.3, 0.4) is 0 Å². The van der Waals surface area contributed by atoms with Gasteiger partial charge in [-0.2, -0.15) is 0 Å². The first-order valence-electron chi connectivity index (χ1n) is 7.49. The Kier molecular flexibility index (Phi) is 4.29. The smallest absolute Gasteiger partial charge is 0.253 e. The molecule has 0 aromatic heterocycles. The van der Waals surface area contributed by atoms with Gasteiger partial charge in [-0.25, -0.2) is 0 Å². The Morgan fingerprint density at radius 1 is 1.14 bits per heavy atom. The molecule has 3 rings (SSSR count). The fraction of sp³-hybridized carbons (Fsp3) is 0.500. The zero-order valence-electron chi connectivity index (χ0n) is 11.8. The number of hydrogen-bond acceptors (Lipinski definition) is 2. The third kappa shape index (κ3) is 3.64. The van der Waals surface area contributed by atoms with Crippen molar-refractivity contribution < 1.29 is 9.59 Å². The van der Waals surface area contributed by atoms with Crippen molar-refractivity contribution in [3.63, 3.8) is 0 Å². The van der Waals surface area contributed by atoms with Crippen LogP contribution in [0.2, 0.25) is 0 Å². The van der Waals surface area contributed by atoms with Gasteiger partial charge in [-0.1, -0.05) is 22.0 Å². The van der Waals surface area contributed by atoms with Crippen LogP contribution >= 0.6 is 15.9 Å². The second-order valence-electron chi connectivity index (χ2n) is 5.86. The molecule has 0 unspecified atom stereocenters. The summed E-state index contributed by atoms with van der Waals surface area (Å²) in [7, 11) is 0. The van der Waals surface area contributed by atoms with Crippen LogP contribution in [0.15, 0.2) is 28.7 Å². The van der Waals surface area contributed by atoms with Crippen LogP contribution in [0, 0.1) is 5.92 Å². The highest BCUT2D eigenvalue weighted by molar-refractivity contribution is 9.10. The number of amides is 2. The van der Waals surface area contributed by atoms with Crippen LogP contribution in [-0.2, 0) is 4.79 Å². The normalized spacial score (nSPS) is 19.4. The maximum Gasteiger partial charge on any atom is 0.253 e. The molecule has 1 aromatic rings. The van der Waals surface area contributed by atoms with Gasteiger partial charge in [-0.05, 0) is 43.9 Å². The number of likely N-dealkylation sites (tertiary alicyclic amines) is 1. The van der Waals surface area contributed by atoms with Crippen molar-refractivity contribution in [3.05, 3.63) is 34.3 Å². The lowest BCUT2D eigenvalue weighted by Crippen LogP contribution is -2.46. The van der Waals surface area contributed by atoms with Gasteiger partial charge in [0.2, 0.25) is 5.91 Å². The first-order chi connectivity index (χ1) is 10.1. The van der Waals surface area contributed by atoms with E-state index in [0.29, 0.717) is 18.7 Å². The van der Waals surface area contributed by atoms with Gasteiger partial charge in [0, 0.05) is 35.1 Å². The summed E-state index contributed by atoms with van der Waals surface area (Å²) >= 11 is 3.39. The number of carbonyl (C=O) groups excluding carboxylic acids is 2. The fourth-order valence-electron chi connectivity index (χ4n) is 2.70.